The maximum atomic E-state index is 14.0. The highest BCUT2D eigenvalue weighted by Crippen LogP contribution is 2.28. The fourth-order valence-electron chi connectivity index (χ4n) is 3.97. The van der Waals surface area contributed by atoms with Crippen LogP contribution in [0.2, 0.25) is 0 Å². The molecule has 0 fully saturated rings. The molecule has 0 saturated carbocycles. The number of hydrogen-bond donors (Lipinski definition) is 1. The Balaban J connectivity index is 2.05. The second-order valence-electron chi connectivity index (χ2n) is 10.6. The molecule has 0 heterocycles. The van der Waals surface area contributed by atoms with Gasteiger partial charge in [-0.3, -0.25) is 13.9 Å². The normalized spacial score (nSPS) is 12.4. The van der Waals surface area contributed by atoms with Crippen molar-refractivity contribution in [3.8, 4) is 5.75 Å². The molecule has 0 aliphatic carbocycles. The lowest BCUT2D eigenvalue weighted by Crippen LogP contribution is -2.54. The van der Waals surface area contributed by atoms with Crippen LogP contribution in [-0.2, 0) is 26.2 Å². The van der Waals surface area contributed by atoms with Crippen LogP contribution in [0.5, 0.6) is 5.75 Å². The third-order valence-corrected chi connectivity index (χ3v) is 8.48. The summed E-state index contributed by atoms with van der Waals surface area (Å²) >= 11 is 3.42. The van der Waals surface area contributed by atoms with E-state index in [1.54, 1.807) is 43.3 Å². The molecule has 1 N–H and O–H groups in total. The summed E-state index contributed by atoms with van der Waals surface area (Å²) in [5.74, 6) is -0.427. The Morgan fingerprint density at radius 2 is 1.62 bits per heavy atom. The number of ether oxygens (including phenoxy) is 1. The molecule has 1 unspecified atom stereocenters. The molecular weight excluding hydrogens is 594 g/mol. The van der Waals surface area contributed by atoms with Crippen molar-refractivity contribution in [3.63, 3.8) is 0 Å². The summed E-state index contributed by atoms with van der Waals surface area (Å²) in [4.78, 5) is 28.6. The van der Waals surface area contributed by atoms with Crippen molar-refractivity contribution in [2.45, 2.75) is 57.6 Å². The third kappa shape index (κ3) is 8.08. The summed E-state index contributed by atoms with van der Waals surface area (Å²) in [6.45, 7) is 8.67. The van der Waals surface area contributed by atoms with E-state index in [0.717, 1.165) is 19.9 Å². The lowest BCUT2D eigenvalue weighted by Gasteiger charge is -2.33. The Bertz CT molecular complexity index is 1440. The molecular formula is C30H36BrN3O5S. The first-order valence-corrected chi connectivity index (χ1v) is 15.0. The molecule has 0 saturated heterocycles. The lowest BCUT2D eigenvalue weighted by molar-refractivity contribution is -0.140. The Kier molecular flexibility index (Phi) is 10.0. The Morgan fingerprint density at radius 3 is 2.20 bits per heavy atom. The molecule has 2 amide bonds. The molecule has 0 spiro atoms. The van der Waals surface area contributed by atoms with E-state index in [0.29, 0.717) is 5.75 Å². The van der Waals surface area contributed by atoms with Crippen LogP contribution < -0.4 is 14.4 Å². The minimum absolute atomic E-state index is 0.0479. The van der Waals surface area contributed by atoms with Crippen molar-refractivity contribution >= 4 is 43.5 Å². The molecule has 10 heteroatoms. The number of carbonyl (C=O) groups is 2. The van der Waals surface area contributed by atoms with Crippen molar-refractivity contribution in [1.29, 1.82) is 0 Å². The highest BCUT2D eigenvalue weighted by atomic mass is 79.9. The molecule has 3 rings (SSSR count). The predicted octanol–water partition coefficient (Wildman–Crippen LogP) is 5.29. The molecule has 0 bridgehead atoms. The Morgan fingerprint density at radius 1 is 1.00 bits per heavy atom. The van der Waals surface area contributed by atoms with Crippen molar-refractivity contribution in [2.24, 2.45) is 0 Å². The highest BCUT2D eigenvalue weighted by Gasteiger charge is 2.33. The molecule has 0 radical (unpaired) electrons. The summed E-state index contributed by atoms with van der Waals surface area (Å²) in [7, 11) is -2.67. The van der Waals surface area contributed by atoms with Gasteiger partial charge in [-0.05, 0) is 76.6 Å². The average Bonchev–Trinajstić information content (AvgIpc) is 2.90. The van der Waals surface area contributed by atoms with Crippen LogP contribution >= 0.6 is 15.9 Å². The molecule has 214 valence electrons. The summed E-state index contributed by atoms with van der Waals surface area (Å²) in [5.41, 5.74) is 1.45. The number of rotatable bonds is 10. The zero-order valence-corrected chi connectivity index (χ0v) is 26.0. The molecule has 0 aromatic heterocycles. The predicted molar refractivity (Wildman–Crippen MR) is 161 cm³/mol. The number of hydrogen-bond acceptors (Lipinski definition) is 5. The number of aryl methyl sites for hydroxylation is 1. The number of benzene rings is 3. The van der Waals surface area contributed by atoms with Crippen molar-refractivity contribution < 1.29 is 22.7 Å². The maximum absolute atomic E-state index is 14.0. The molecule has 0 aliphatic heterocycles. The maximum Gasteiger partial charge on any atom is 0.264 e. The van der Waals surface area contributed by atoms with Crippen LogP contribution in [0.4, 0.5) is 5.69 Å². The van der Waals surface area contributed by atoms with Crippen LogP contribution in [0, 0.1) is 6.92 Å². The minimum atomic E-state index is -4.15. The fourth-order valence-corrected chi connectivity index (χ4v) is 5.65. The van der Waals surface area contributed by atoms with Crippen LogP contribution in [0.25, 0.3) is 0 Å². The largest absolute Gasteiger partial charge is 0.497 e. The van der Waals surface area contributed by atoms with Crippen molar-refractivity contribution in [3.05, 3.63) is 88.4 Å². The summed E-state index contributed by atoms with van der Waals surface area (Å²) < 4.78 is 35.1. The topological polar surface area (TPSA) is 96.0 Å². The minimum Gasteiger partial charge on any atom is -0.497 e. The van der Waals surface area contributed by atoms with Gasteiger partial charge in [0.2, 0.25) is 11.8 Å². The fraction of sp³-hybridized carbons (Fsp3) is 0.333. The Hall–Kier alpha value is -3.37. The van der Waals surface area contributed by atoms with Gasteiger partial charge < -0.3 is 15.0 Å². The number of sulfonamides is 1. The monoisotopic (exact) mass is 629 g/mol. The number of nitrogens with one attached hydrogen (secondary N) is 1. The van der Waals surface area contributed by atoms with Gasteiger partial charge in [-0.15, -0.1) is 0 Å². The van der Waals surface area contributed by atoms with Crippen LogP contribution in [0.1, 0.15) is 38.8 Å². The van der Waals surface area contributed by atoms with Crippen LogP contribution in [0.15, 0.2) is 82.2 Å². The Labute approximate surface area is 245 Å². The van der Waals surface area contributed by atoms with E-state index in [-0.39, 0.29) is 23.0 Å². The third-order valence-electron chi connectivity index (χ3n) is 6.16. The first kappa shape index (κ1) is 31.2. The van der Waals surface area contributed by atoms with Crippen LogP contribution in [-0.4, -0.2) is 50.4 Å². The first-order chi connectivity index (χ1) is 18.7. The SMILES string of the molecule is COc1cccc(N(CC(=O)N(Cc2ccc(Br)cc2)C(C)C(=O)NC(C)(C)C)S(=O)(=O)c2ccc(C)cc2)c1. The van der Waals surface area contributed by atoms with Gasteiger partial charge in [-0.1, -0.05) is 51.8 Å². The quantitative estimate of drug-likeness (QED) is 0.329. The van der Waals surface area contributed by atoms with E-state index in [9.17, 15) is 18.0 Å². The number of methoxy groups -OCH3 is 1. The van der Waals surface area contributed by atoms with E-state index in [4.69, 9.17) is 4.74 Å². The smallest absolute Gasteiger partial charge is 0.264 e. The summed E-state index contributed by atoms with van der Waals surface area (Å²) in [6, 6.07) is 19.5. The van der Waals surface area contributed by atoms with Gasteiger partial charge in [-0.2, -0.15) is 0 Å². The highest BCUT2D eigenvalue weighted by molar-refractivity contribution is 9.10. The number of carbonyl (C=O) groups excluding carboxylic acids is 2. The van der Waals surface area contributed by atoms with Gasteiger partial charge in [0.25, 0.3) is 10.0 Å². The van der Waals surface area contributed by atoms with Gasteiger partial charge in [-0.25, -0.2) is 8.42 Å². The van der Waals surface area contributed by atoms with Gasteiger partial charge in [0.15, 0.2) is 0 Å². The van der Waals surface area contributed by atoms with E-state index in [2.05, 4.69) is 21.2 Å². The van der Waals surface area contributed by atoms with Gasteiger partial charge in [0.1, 0.15) is 18.3 Å². The van der Waals surface area contributed by atoms with E-state index in [1.165, 1.54) is 24.1 Å². The molecule has 3 aromatic carbocycles. The standard InChI is InChI=1S/C30H36BrN3O5S/c1-21-10-16-27(17-11-21)40(37,38)34(25-8-7-9-26(18-25)39-6)20-28(35)33(19-23-12-14-24(31)15-13-23)22(2)29(36)32-30(3,4)5/h7-18,22H,19-20H2,1-6H3,(H,32,36). The summed E-state index contributed by atoms with van der Waals surface area (Å²) in [6.07, 6.45) is 0. The van der Waals surface area contributed by atoms with E-state index >= 15 is 0 Å². The average molecular weight is 631 g/mol. The summed E-state index contributed by atoms with van der Waals surface area (Å²) in [5, 5.41) is 2.92. The number of nitrogens with zero attached hydrogens (tertiary/aromatic N) is 2. The van der Waals surface area contributed by atoms with Gasteiger partial charge in [0, 0.05) is 22.6 Å². The van der Waals surface area contributed by atoms with Gasteiger partial charge in [0.05, 0.1) is 17.7 Å². The first-order valence-electron chi connectivity index (χ1n) is 12.8. The van der Waals surface area contributed by atoms with E-state index in [1.807, 2.05) is 52.0 Å². The second kappa shape index (κ2) is 12.9. The molecule has 0 aliphatic rings. The lowest BCUT2D eigenvalue weighted by atomic mass is 10.1. The number of halogens is 1. The molecule has 40 heavy (non-hydrogen) atoms. The number of amides is 2. The van der Waals surface area contributed by atoms with Crippen molar-refractivity contribution in [1.82, 2.24) is 10.2 Å². The molecule has 3 aromatic rings. The molecule has 1 atom stereocenters. The van der Waals surface area contributed by atoms with Crippen LogP contribution in [0.3, 0.4) is 0 Å². The van der Waals surface area contributed by atoms with Crippen molar-refractivity contribution in [2.75, 3.05) is 18.0 Å². The zero-order chi connectivity index (χ0) is 29.7. The second-order valence-corrected chi connectivity index (χ2v) is 13.4. The van der Waals surface area contributed by atoms with Gasteiger partial charge >= 0.3 is 0 Å². The number of anilines is 1. The van der Waals surface area contributed by atoms with E-state index < -0.39 is 34.1 Å². The zero-order valence-electron chi connectivity index (χ0n) is 23.6. The molecule has 8 nitrogen and oxygen atoms in total.